The molecule has 0 amide bonds. The second-order valence-corrected chi connectivity index (χ2v) is 6.79. The fourth-order valence-electron chi connectivity index (χ4n) is 3.67. The van der Waals surface area contributed by atoms with Crippen LogP contribution in [0.25, 0.3) is 16.9 Å². The van der Waals surface area contributed by atoms with Gasteiger partial charge in [-0.15, -0.1) is 0 Å². The Balaban J connectivity index is 1.50. The molecule has 1 aliphatic rings. The Kier molecular flexibility index (Phi) is 4.01. The molecule has 6 nitrogen and oxygen atoms in total. The predicted molar refractivity (Wildman–Crippen MR) is 106 cm³/mol. The number of aromatic nitrogens is 3. The quantitative estimate of drug-likeness (QED) is 0.579. The van der Waals surface area contributed by atoms with E-state index in [0.717, 1.165) is 41.6 Å². The van der Waals surface area contributed by atoms with Crippen molar-refractivity contribution in [2.75, 3.05) is 23.3 Å². The largest absolute Gasteiger partial charge is 0.467 e. The smallest absolute Gasteiger partial charge is 0.157 e. The van der Waals surface area contributed by atoms with Gasteiger partial charge in [-0.3, -0.25) is 9.38 Å². The third-order valence-electron chi connectivity index (χ3n) is 5.05. The lowest BCUT2D eigenvalue weighted by Gasteiger charge is -2.17. The summed E-state index contributed by atoms with van der Waals surface area (Å²) in [6.07, 6.45) is 9.72. The summed E-state index contributed by atoms with van der Waals surface area (Å²) in [7, 11) is 0. The van der Waals surface area contributed by atoms with Crippen LogP contribution in [0.1, 0.15) is 18.6 Å². The van der Waals surface area contributed by atoms with E-state index in [1.807, 2.05) is 22.7 Å². The Morgan fingerprint density at radius 2 is 1.93 bits per heavy atom. The van der Waals surface area contributed by atoms with E-state index in [0.29, 0.717) is 6.54 Å². The summed E-state index contributed by atoms with van der Waals surface area (Å²) in [6.45, 7) is 2.90. The third kappa shape index (κ3) is 3.03. The minimum atomic E-state index is 0.599. The monoisotopic (exact) mass is 359 g/mol. The van der Waals surface area contributed by atoms with Crippen molar-refractivity contribution in [3.05, 3.63) is 67.0 Å². The standard InChI is InChI=1S/C21H21N5O/c1-2-11-25(10-1)17-7-5-16(6-8-17)20-21(23-14-18-4-3-13-27-18)26-12-9-22-15-19(26)24-20/h3-9,12-13,15,23H,1-2,10-11,14H2. The Hall–Kier alpha value is -3.28. The van der Waals surface area contributed by atoms with Crippen LogP contribution in [0, 0.1) is 0 Å². The van der Waals surface area contributed by atoms with Crippen LogP contribution in [-0.2, 0) is 6.54 Å². The van der Waals surface area contributed by atoms with E-state index in [-0.39, 0.29) is 0 Å². The summed E-state index contributed by atoms with van der Waals surface area (Å²) in [5.74, 6) is 1.83. The van der Waals surface area contributed by atoms with Gasteiger partial charge in [-0.1, -0.05) is 12.1 Å². The van der Waals surface area contributed by atoms with Crippen molar-refractivity contribution in [2.24, 2.45) is 0 Å². The van der Waals surface area contributed by atoms with Crippen molar-refractivity contribution in [1.29, 1.82) is 0 Å². The van der Waals surface area contributed by atoms with Crippen LogP contribution >= 0.6 is 0 Å². The van der Waals surface area contributed by atoms with Crippen molar-refractivity contribution in [3.8, 4) is 11.3 Å². The molecule has 1 aromatic carbocycles. The maximum absolute atomic E-state index is 5.45. The minimum Gasteiger partial charge on any atom is -0.467 e. The van der Waals surface area contributed by atoms with Gasteiger partial charge in [0.15, 0.2) is 5.65 Å². The molecule has 0 unspecified atom stereocenters. The van der Waals surface area contributed by atoms with Gasteiger partial charge < -0.3 is 14.6 Å². The summed E-state index contributed by atoms with van der Waals surface area (Å²) in [6, 6.07) is 12.6. The zero-order chi connectivity index (χ0) is 18.1. The molecule has 1 N–H and O–H groups in total. The van der Waals surface area contributed by atoms with Gasteiger partial charge in [0, 0.05) is 36.7 Å². The molecule has 0 atom stereocenters. The number of furan rings is 1. The number of fused-ring (bicyclic) bond motifs is 1. The fraction of sp³-hybridized carbons (Fsp3) is 0.238. The number of nitrogens with one attached hydrogen (secondary N) is 1. The summed E-state index contributed by atoms with van der Waals surface area (Å²) in [5, 5.41) is 3.48. The molecule has 3 aromatic heterocycles. The minimum absolute atomic E-state index is 0.599. The molecule has 0 aliphatic carbocycles. The Labute approximate surface area is 157 Å². The van der Waals surface area contributed by atoms with Gasteiger partial charge in [0.25, 0.3) is 0 Å². The van der Waals surface area contributed by atoms with E-state index in [1.165, 1.54) is 18.5 Å². The molecular weight excluding hydrogens is 338 g/mol. The van der Waals surface area contributed by atoms with E-state index >= 15 is 0 Å². The first kappa shape index (κ1) is 15.9. The predicted octanol–water partition coefficient (Wildman–Crippen LogP) is 4.20. The van der Waals surface area contributed by atoms with Gasteiger partial charge in [-0.2, -0.15) is 0 Å². The number of imidazole rings is 1. The lowest BCUT2D eigenvalue weighted by molar-refractivity contribution is 0.518. The molecule has 1 saturated heterocycles. The van der Waals surface area contributed by atoms with Crippen LogP contribution in [0.2, 0.25) is 0 Å². The number of hydrogen-bond acceptors (Lipinski definition) is 5. The molecule has 0 saturated carbocycles. The normalized spacial score (nSPS) is 14.1. The lowest BCUT2D eigenvalue weighted by Crippen LogP contribution is -2.17. The summed E-state index contributed by atoms with van der Waals surface area (Å²) in [4.78, 5) is 11.4. The van der Waals surface area contributed by atoms with Crippen LogP contribution in [-0.4, -0.2) is 27.5 Å². The maximum atomic E-state index is 5.45. The van der Waals surface area contributed by atoms with Crippen LogP contribution in [0.15, 0.2) is 65.7 Å². The first-order valence-corrected chi connectivity index (χ1v) is 9.32. The average molecular weight is 359 g/mol. The number of hydrogen-bond donors (Lipinski definition) is 1. The second-order valence-electron chi connectivity index (χ2n) is 6.79. The van der Waals surface area contributed by atoms with Crippen LogP contribution in [0.4, 0.5) is 11.5 Å². The maximum Gasteiger partial charge on any atom is 0.157 e. The topological polar surface area (TPSA) is 58.6 Å². The van der Waals surface area contributed by atoms with Gasteiger partial charge in [-0.25, -0.2) is 4.98 Å². The molecule has 1 fully saturated rings. The lowest BCUT2D eigenvalue weighted by atomic mass is 10.1. The van der Waals surface area contributed by atoms with Crippen LogP contribution in [0.5, 0.6) is 0 Å². The molecule has 5 rings (SSSR count). The molecular formula is C21H21N5O. The van der Waals surface area contributed by atoms with Gasteiger partial charge >= 0.3 is 0 Å². The van der Waals surface area contributed by atoms with Crippen molar-refractivity contribution in [2.45, 2.75) is 19.4 Å². The molecule has 136 valence electrons. The highest BCUT2D eigenvalue weighted by atomic mass is 16.3. The number of anilines is 2. The SMILES string of the molecule is c1coc(CNc2c(-c3ccc(N4CCCC4)cc3)nc3cnccn23)c1. The summed E-state index contributed by atoms with van der Waals surface area (Å²) >= 11 is 0. The van der Waals surface area contributed by atoms with E-state index in [1.54, 1.807) is 18.7 Å². The molecule has 1 aliphatic heterocycles. The van der Waals surface area contributed by atoms with Crippen LogP contribution < -0.4 is 10.2 Å². The Morgan fingerprint density at radius 1 is 1.07 bits per heavy atom. The van der Waals surface area contributed by atoms with Gasteiger partial charge in [0.1, 0.15) is 17.3 Å². The highest BCUT2D eigenvalue weighted by molar-refractivity contribution is 5.77. The number of benzene rings is 1. The molecule has 0 radical (unpaired) electrons. The van der Waals surface area contributed by atoms with E-state index in [4.69, 9.17) is 9.40 Å². The first-order chi connectivity index (χ1) is 13.4. The van der Waals surface area contributed by atoms with Crippen molar-refractivity contribution in [3.63, 3.8) is 0 Å². The highest BCUT2D eigenvalue weighted by Crippen LogP contribution is 2.31. The fourth-order valence-corrected chi connectivity index (χ4v) is 3.67. The Morgan fingerprint density at radius 3 is 2.70 bits per heavy atom. The third-order valence-corrected chi connectivity index (χ3v) is 5.05. The summed E-state index contributed by atoms with van der Waals surface area (Å²) in [5.41, 5.74) is 4.11. The van der Waals surface area contributed by atoms with Gasteiger partial charge in [0.2, 0.25) is 0 Å². The van der Waals surface area contributed by atoms with Crippen molar-refractivity contribution in [1.82, 2.24) is 14.4 Å². The second kappa shape index (κ2) is 6.79. The molecule has 4 heterocycles. The summed E-state index contributed by atoms with van der Waals surface area (Å²) < 4.78 is 7.48. The molecule has 4 aromatic rings. The van der Waals surface area contributed by atoms with E-state index in [9.17, 15) is 0 Å². The first-order valence-electron chi connectivity index (χ1n) is 9.32. The highest BCUT2D eigenvalue weighted by Gasteiger charge is 2.16. The van der Waals surface area contributed by atoms with E-state index in [2.05, 4.69) is 39.5 Å². The van der Waals surface area contributed by atoms with Gasteiger partial charge in [-0.05, 0) is 37.1 Å². The number of nitrogens with zero attached hydrogens (tertiary/aromatic N) is 4. The van der Waals surface area contributed by atoms with Crippen LogP contribution in [0.3, 0.4) is 0 Å². The van der Waals surface area contributed by atoms with Crippen molar-refractivity contribution < 1.29 is 4.42 Å². The zero-order valence-corrected chi connectivity index (χ0v) is 15.0. The average Bonchev–Trinajstić information content (AvgIpc) is 3.47. The molecule has 0 spiro atoms. The molecule has 0 bridgehead atoms. The number of rotatable bonds is 5. The van der Waals surface area contributed by atoms with E-state index < -0.39 is 0 Å². The molecule has 27 heavy (non-hydrogen) atoms. The van der Waals surface area contributed by atoms with Gasteiger partial charge in [0.05, 0.1) is 19.0 Å². The zero-order valence-electron chi connectivity index (χ0n) is 15.0. The van der Waals surface area contributed by atoms with Crippen molar-refractivity contribution >= 4 is 17.2 Å². The molecule has 6 heteroatoms. The Bertz CT molecular complexity index is 1030.